The summed E-state index contributed by atoms with van der Waals surface area (Å²) in [6.07, 6.45) is -4.05. The summed E-state index contributed by atoms with van der Waals surface area (Å²) in [6.45, 7) is -1.25. The molecule has 0 saturated heterocycles. The van der Waals surface area contributed by atoms with Crippen molar-refractivity contribution in [2.45, 2.75) is 23.9 Å². The zero-order valence-electron chi connectivity index (χ0n) is 16.2. The fourth-order valence-electron chi connectivity index (χ4n) is 2.79. The van der Waals surface area contributed by atoms with Crippen LogP contribution in [-0.2, 0) is 16.4 Å². The molecule has 1 unspecified atom stereocenters. The topological polar surface area (TPSA) is 119 Å². The number of anilines is 1. The molecule has 0 radical (unpaired) electrons. The highest BCUT2D eigenvalue weighted by atomic mass is 32.2. The number of aromatic amines is 1. The van der Waals surface area contributed by atoms with Gasteiger partial charge in [-0.25, -0.2) is 35.7 Å². The highest BCUT2D eigenvalue weighted by Crippen LogP contribution is 2.30. The predicted molar refractivity (Wildman–Crippen MR) is 102 cm³/mol. The number of pyridine rings is 1. The smallest absolute Gasteiger partial charge is 0.280 e. The van der Waals surface area contributed by atoms with E-state index >= 15 is 0 Å². The summed E-state index contributed by atoms with van der Waals surface area (Å²) in [5.41, 5.74) is -0.544. The van der Waals surface area contributed by atoms with Gasteiger partial charge in [0.15, 0.2) is 0 Å². The normalized spacial score (nSPS) is 12.9. The van der Waals surface area contributed by atoms with Gasteiger partial charge in [0.1, 0.15) is 29.1 Å². The molecule has 0 aliphatic rings. The van der Waals surface area contributed by atoms with Crippen LogP contribution >= 0.6 is 0 Å². The fourth-order valence-corrected chi connectivity index (χ4v) is 3.90. The Labute approximate surface area is 173 Å². The van der Waals surface area contributed by atoms with E-state index in [1.165, 1.54) is 20.3 Å². The molecule has 0 amide bonds. The van der Waals surface area contributed by atoms with Gasteiger partial charge in [-0.1, -0.05) is 0 Å². The number of rotatable bonds is 9. The molecule has 0 aliphatic heterocycles. The van der Waals surface area contributed by atoms with Crippen molar-refractivity contribution in [3.63, 3.8) is 0 Å². The molecule has 0 aliphatic carbocycles. The van der Waals surface area contributed by atoms with Gasteiger partial charge in [0.2, 0.25) is 17.7 Å². The quantitative estimate of drug-likeness (QED) is 0.468. The summed E-state index contributed by atoms with van der Waals surface area (Å²) in [7, 11) is -1.89. The second-order valence-electron chi connectivity index (χ2n) is 6.19. The maximum atomic E-state index is 13.5. The number of fused-ring (bicyclic) bond motifs is 1. The fraction of sp³-hybridized carbons (Fsp3) is 0.353. The Morgan fingerprint density at radius 2 is 1.74 bits per heavy atom. The number of nitrogens with zero attached hydrogens (tertiary/aromatic N) is 3. The molecule has 0 bridgehead atoms. The van der Waals surface area contributed by atoms with E-state index < -0.39 is 47.4 Å². The van der Waals surface area contributed by atoms with Crippen molar-refractivity contribution >= 4 is 27.0 Å². The first kappa shape index (κ1) is 22.5. The van der Waals surface area contributed by atoms with E-state index in [0.717, 1.165) is 12.3 Å². The Hall–Kier alpha value is -3.16. The van der Waals surface area contributed by atoms with E-state index in [9.17, 15) is 26.0 Å². The van der Waals surface area contributed by atoms with Crippen molar-refractivity contribution in [3.05, 3.63) is 29.6 Å². The second-order valence-corrected chi connectivity index (χ2v) is 7.84. The molecule has 0 saturated carbocycles. The second kappa shape index (κ2) is 8.91. The van der Waals surface area contributed by atoms with Crippen molar-refractivity contribution in [1.29, 1.82) is 0 Å². The van der Waals surface area contributed by atoms with Crippen molar-refractivity contribution < 1.29 is 35.5 Å². The van der Waals surface area contributed by atoms with Gasteiger partial charge in [-0.2, -0.15) is 9.97 Å². The summed E-state index contributed by atoms with van der Waals surface area (Å²) in [4.78, 5) is 13.7. The lowest BCUT2D eigenvalue weighted by atomic mass is 10.1. The van der Waals surface area contributed by atoms with Crippen LogP contribution in [0.2, 0.25) is 0 Å². The minimum atomic E-state index is -4.30. The van der Waals surface area contributed by atoms with Crippen molar-refractivity contribution in [3.8, 4) is 11.8 Å². The Morgan fingerprint density at radius 3 is 2.29 bits per heavy atom. The van der Waals surface area contributed by atoms with Gasteiger partial charge in [-0.05, 0) is 12.1 Å². The standard InChI is InChI=1S/C17H17F4N5O4S/c1-29-15-10(5-8(19)6-18)16(30-2)25-17(24-15)26-31(27,28)12-7-22-14-9(12)3-4-11(23-14)13(20)21/h3-4,7-8,13H,5-6H2,1-2H3,(H,22,23)(H,24,25,26). The molecule has 168 valence electrons. The Balaban J connectivity index is 1.98. The zero-order chi connectivity index (χ0) is 22.8. The summed E-state index contributed by atoms with van der Waals surface area (Å²) in [6, 6.07) is 2.20. The molecular weight excluding hydrogens is 446 g/mol. The highest BCUT2D eigenvalue weighted by molar-refractivity contribution is 7.93. The first-order chi connectivity index (χ1) is 14.7. The van der Waals surface area contributed by atoms with Crippen LogP contribution in [0, 0.1) is 0 Å². The molecule has 1 atom stereocenters. The number of alkyl halides is 4. The number of nitrogens with one attached hydrogen (secondary N) is 2. The number of ether oxygens (including phenoxy) is 2. The van der Waals surface area contributed by atoms with Crippen LogP contribution in [0.4, 0.5) is 23.5 Å². The third-order valence-electron chi connectivity index (χ3n) is 4.17. The lowest BCUT2D eigenvalue weighted by Crippen LogP contribution is -2.17. The maximum absolute atomic E-state index is 13.5. The van der Waals surface area contributed by atoms with E-state index in [1.807, 2.05) is 0 Å². The van der Waals surface area contributed by atoms with Gasteiger partial charge in [0, 0.05) is 18.0 Å². The van der Waals surface area contributed by atoms with Crippen LogP contribution in [0.5, 0.6) is 11.8 Å². The molecule has 9 nitrogen and oxygen atoms in total. The van der Waals surface area contributed by atoms with Gasteiger partial charge in [-0.15, -0.1) is 0 Å². The summed E-state index contributed by atoms with van der Waals surface area (Å²) in [5.74, 6) is -0.870. The summed E-state index contributed by atoms with van der Waals surface area (Å²) in [5, 5.41) is 0.0654. The largest absolute Gasteiger partial charge is 0.481 e. The van der Waals surface area contributed by atoms with Gasteiger partial charge in [-0.3, -0.25) is 0 Å². The van der Waals surface area contributed by atoms with Gasteiger partial charge in [0.05, 0.1) is 19.8 Å². The molecule has 0 spiro atoms. The average Bonchev–Trinajstić information content (AvgIpc) is 3.18. The van der Waals surface area contributed by atoms with E-state index in [0.29, 0.717) is 0 Å². The van der Waals surface area contributed by atoms with Crippen molar-refractivity contribution in [2.75, 3.05) is 25.6 Å². The molecule has 3 aromatic heterocycles. The SMILES string of the molecule is COc1nc(NS(=O)(=O)c2c[nH]c3nc(C(F)F)ccc23)nc(OC)c1CC(F)CF. The summed E-state index contributed by atoms with van der Waals surface area (Å²) >= 11 is 0. The monoisotopic (exact) mass is 463 g/mol. The van der Waals surface area contributed by atoms with Crippen LogP contribution in [0.1, 0.15) is 17.7 Å². The Kier molecular flexibility index (Phi) is 6.48. The summed E-state index contributed by atoms with van der Waals surface area (Å²) < 4.78 is 89.6. The van der Waals surface area contributed by atoms with Crippen LogP contribution in [0.15, 0.2) is 23.2 Å². The molecule has 3 rings (SSSR count). The van der Waals surface area contributed by atoms with Gasteiger partial charge in [0.25, 0.3) is 16.4 Å². The van der Waals surface area contributed by atoms with E-state index in [2.05, 4.69) is 24.7 Å². The maximum Gasteiger partial charge on any atom is 0.280 e. The minimum Gasteiger partial charge on any atom is -0.481 e. The molecule has 2 N–H and O–H groups in total. The van der Waals surface area contributed by atoms with Crippen LogP contribution in [0.3, 0.4) is 0 Å². The molecule has 31 heavy (non-hydrogen) atoms. The zero-order valence-corrected chi connectivity index (χ0v) is 17.0. The number of H-pyrrole nitrogens is 1. The lowest BCUT2D eigenvalue weighted by Gasteiger charge is -2.14. The highest BCUT2D eigenvalue weighted by Gasteiger charge is 2.25. The van der Waals surface area contributed by atoms with Gasteiger partial charge < -0.3 is 14.5 Å². The minimum absolute atomic E-state index is 0.0221. The van der Waals surface area contributed by atoms with Crippen molar-refractivity contribution in [2.24, 2.45) is 0 Å². The number of hydrogen-bond acceptors (Lipinski definition) is 7. The predicted octanol–water partition coefficient (Wildman–Crippen LogP) is 2.96. The van der Waals surface area contributed by atoms with Gasteiger partial charge >= 0.3 is 0 Å². The molecular formula is C17H17F4N5O4S. The van der Waals surface area contributed by atoms with E-state index in [1.54, 1.807) is 0 Å². The number of methoxy groups -OCH3 is 2. The van der Waals surface area contributed by atoms with Crippen molar-refractivity contribution in [1.82, 2.24) is 19.9 Å². The Bertz CT molecular complexity index is 1160. The number of sulfonamides is 1. The first-order valence-corrected chi connectivity index (χ1v) is 10.2. The molecule has 0 aromatic carbocycles. The number of aromatic nitrogens is 4. The third kappa shape index (κ3) is 4.62. The van der Waals surface area contributed by atoms with Crippen LogP contribution in [0.25, 0.3) is 11.0 Å². The number of hydrogen-bond donors (Lipinski definition) is 2. The average molecular weight is 463 g/mol. The molecule has 0 fully saturated rings. The van der Waals surface area contributed by atoms with E-state index in [4.69, 9.17) is 9.47 Å². The number of halogens is 4. The third-order valence-corrected chi connectivity index (χ3v) is 5.54. The van der Waals surface area contributed by atoms with Crippen LogP contribution in [-0.4, -0.2) is 55.4 Å². The van der Waals surface area contributed by atoms with Crippen LogP contribution < -0.4 is 14.2 Å². The molecule has 14 heteroatoms. The molecule has 3 aromatic rings. The molecule has 3 heterocycles. The lowest BCUT2D eigenvalue weighted by molar-refractivity contribution is 0.146. The van der Waals surface area contributed by atoms with E-state index in [-0.39, 0.29) is 33.3 Å². The Morgan fingerprint density at radius 1 is 1.10 bits per heavy atom. The first-order valence-electron chi connectivity index (χ1n) is 8.68.